The molecule has 0 fully saturated rings. The fourth-order valence-electron chi connectivity index (χ4n) is 9.50. The van der Waals surface area contributed by atoms with Gasteiger partial charge in [0.2, 0.25) is 0 Å². The van der Waals surface area contributed by atoms with Crippen LogP contribution in [0.5, 0.6) is 0 Å². The highest BCUT2D eigenvalue weighted by Gasteiger charge is 2.19. The highest BCUT2D eigenvalue weighted by molar-refractivity contribution is 6.11. The second-order valence-corrected chi connectivity index (χ2v) is 16.2. The molecule has 2 aromatic heterocycles. The molecule has 296 valence electrons. The highest BCUT2D eigenvalue weighted by atomic mass is 15.1. The normalized spacial score (nSPS) is 11.5. The summed E-state index contributed by atoms with van der Waals surface area (Å²) in [4.78, 5) is 2.38. The Balaban J connectivity index is 0.964. The van der Waals surface area contributed by atoms with Gasteiger partial charge in [0.1, 0.15) is 0 Å². The summed E-state index contributed by atoms with van der Waals surface area (Å²) in [5.41, 5.74) is 17.5. The maximum absolute atomic E-state index is 2.41. The summed E-state index contributed by atoms with van der Waals surface area (Å²) in [6.45, 7) is 0. The lowest BCUT2D eigenvalue weighted by atomic mass is 10.0. The SMILES string of the molecule is c1ccc(-c2ccc(N(c3ccc(-c4ccc5c6ccccc6n(-c6ccc(-c7ccccc7)cc6)c5c4)cc3)c3ccc4c(c3)c3ccccc3n4-c3ccccc3)cc2)cc1. The van der Waals surface area contributed by atoms with Gasteiger partial charge in [0.15, 0.2) is 0 Å². The van der Waals surface area contributed by atoms with Crippen LogP contribution in [0.15, 0.2) is 249 Å². The van der Waals surface area contributed by atoms with Crippen LogP contribution in [0.4, 0.5) is 17.1 Å². The summed E-state index contributed by atoms with van der Waals surface area (Å²) >= 11 is 0. The van der Waals surface area contributed by atoms with Crippen LogP contribution < -0.4 is 4.90 Å². The molecule has 0 saturated heterocycles. The van der Waals surface area contributed by atoms with E-state index in [1.807, 2.05) is 0 Å². The number of rotatable bonds is 8. The maximum Gasteiger partial charge on any atom is 0.0547 e. The third-order valence-electron chi connectivity index (χ3n) is 12.5. The van der Waals surface area contributed by atoms with Crippen molar-refractivity contribution >= 4 is 60.7 Å². The molecule has 0 N–H and O–H groups in total. The van der Waals surface area contributed by atoms with Gasteiger partial charge in [-0.3, -0.25) is 0 Å². The van der Waals surface area contributed by atoms with Crippen molar-refractivity contribution in [3.8, 4) is 44.8 Å². The Morgan fingerprint density at radius 1 is 0.222 bits per heavy atom. The molecule has 0 radical (unpaired) electrons. The van der Waals surface area contributed by atoms with Gasteiger partial charge in [0.05, 0.1) is 22.1 Å². The van der Waals surface area contributed by atoms with E-state index in [9.17, 15) is 0 Å². The molecule has 0 aliphatic carbocycles. The zero-order valence-corrected chi connectivity index (χ0v) is 34.5. The molecular weight excluding hydrogens is 763 g/mol. The molecule has 0 bridgehead atoms. The Morgan fingerprint density at radius 3 is 1.19 bits per heavy atom. The second-order valence-electron chi connectivity index (χ2n) is 16.2. The smallest absolute Gasteiger partial charge is 0.0547 e. The number of benzene rings is 10. The highest BCUT2D eigenvalue weighted by Crippen LogP contribution is 2.42. The lowest BCUT2D eigenvalue weighted by molar-refractivity contribution is 1.18. The van der Waals surface area contributed by atoms with Gasteiger partial charge in [-0.1, -0.05) is 164 Å². The van der Waals surface area contributed by atoms with Crippen molar-refractivity contribution in [1.82, 2.24) is 9.13 Å². The topological polar surface area (TPSA) is 13.1 Å². The molecule has 0 aliphatic rings. The van der Waals surface area contributed by atoms with Gasteiger partial charge < -0.3 is 14.0 Å². The Labute approximate surface area is 366 Å². The molecule has 0 aliphatic heterocycles. The zero-order valence-electron chi connectivity index (χ0n) is 34.5. The number of anilines is 3. The van der Waals surface area contributed by atoms with Gasteiger partial charge in [-0.15, -0.1) is 0 Å². The summed E-state index contributed by atoms with van der Waals surface area (Å²) in [5.74, 6) is 0. The number of nitrogens with zero attached hydrogens (tertiary/aromatic N) is 3. The lowest BCUT2D eigenvalue weighted by Gasteiger charge is -2.26. The van der Waals surface area contributed by atoms with Crippen LogP contribution in [0.25, 0.3) is 88.4 Å². The van der Waals surface area contributed by atoms with E-state index in [2.05, 4.69) is 263 Å². The Kier molecular flexibility index (Phi) is 8.83. The Bertz CT molecular complexity index is 3570. The van der Waals surface area contributed by atoms with Crippen molar-refractivity contribution in [2.45, 2.75) is 0 Å². The van der Waals surface area contributed by atoms with Crippen molar-refractivity contribution in [2.24, 2.45) is 0 Å². The predicted molar refractivity (Wildman–Crippen MR) is 266 cm³/mol. The number of fused-ring (bicyclic) bond motifs is 6. The molecule has 2 heterocycles. The summed E-state index contributed by atoms with van der Waals surface area (Å²) in [6, 6.07) is 90.1. The van der Waals surface area contributed by atoms with Crippen LogP contribution in [-0.2, 0) is 0 Å². The van der Waals surface area contributed by atoms with E-state index in [0.717, 1.165) is 34.0 Å². The maximum atomic E-state index is 2.41. The summed E-state index contributed by atoms with van der Waals surface area (Å²) in [6.07, 6.45) is 0. The zero-order chi connectivity index (χ0) is 41.7. The molecule has 63 heavy (non-hydrogen) atoms. The summed E-state index contributed by atoms with van der Waals surface area (Å²) in [5, 5.41) is 4.94. The van der Waals surface area contributed by atoms with Crippen LogP contribution in [-0.4, -0.2) is 9.13 Å². The van der Waals surface area contributed by atoms with Gasteiger partial charge in [0.25, 0.3) is 0 Å². The van der Waals surface area contributed by atoms with Gasteiger partial charge in [-0.2, -0.15) is 0 Å². The molecule has 3 heteroatoms. The van der Waals surface area contributed by atoms with E-state index in [-0.39, 0.29) is 0 Å². The quantitative estimate of drug-likeness (QED) is 0.149. The number of aromatic nitrogens is 2. The summed E-state index contributed by atoms with van der Waals surface area (Å²) in [7, 11) is 0. The molecule has 12 rings (SSSR count). The number of hydrogen-bond donors (Lipinski definition) is 0. The summed E-state index contributed by atoms with van der Waals surface area (Å²) < 4.78 is 4.78. The lowest BCUT2D eigenvalue weighted by Crippen LogP contribution is -2.10. The van der Waals surface area contributed by atoms with Crippen LogP contribution in [0, 0.1) is 0 Å². The minimum atomic E-state index is 1.09. The van der Waals surface area contributed by atoms with E-state index < -0.39 is 0 Å². The molecule has 0 atom stereocenters. The number of para-hydroxylation sites is 3. The average Bonchev–Trinajstić information content (AvgIpc) is 3.88. The standard InChI is InChI=1S/C60H41N3/c1-4-14-42(15-5-1)44-24-31-49(32-25-44)61(52-37-39-59-56(41-52)54-21-11-13-23-58(54)62(59)48-18-8-3-9-19-48)50-33-28-46(29-34-50)47-30-38-55-53-20-10-12-22-57(53)63(60(55)40-47)51-35-26-45(27-36-51)43-16-6-2-7-17-43/h1-41H. The average molecular weight is 804 g/mol. The fraction of sp³-hybridized carbons (Fsp3) is 0. The van der Waals surface area contributed by atoms with Crippen molar-refractivity contribution in [1.29, 1.82) is 0 Å². The fourth-order valence-corrected chi connectivity index (χ4v) is 9.50. The van der Waals surface area contributed by atoms with Crippen molar-refractivity contribution < 1.29 is 0 Å². The first kappa shape index (κ1) is 36.5. The first-order valence-corrected chi connectivity index (χ1v) is 21.6. The van der Waals surface area contributed by atoms with E-state index in [0.29, 0.717) is 0 Å². The van der Waals surface area contributed by atoms with E-state index in [1.165, 1.54) is 71.4 Å². The predicted octanol–water partition coefficient (Wildman–Crippen LogP) is 16.4. The number of hydrogen-bond acceptors (Lipinski definition) is 1. The largest absolute Gasteiger partial charge is 0.310 e. The molecule has 12 aromatic rings. The van der Waals surface area contributed by atoms with E-state index in [1.54, 1.807) is 0 Å². The van der Waals surface area contributed by atoms with Crippen LogP contribution in [0.3, 0.4) is 0 Å². The van der Waals surface area contributed by atoms with E-state index in [4.69, 9.17) is 0 Å². The first-order valence-electron chi connectivity index (χ1n) is 21.6. The third kappa shape index (κ3) is 6.38. The monoisotopic (exact) mass is 803 g/mol. The van der Waals surface area contributed by atoms with Gasteiger partial charge >= 0.3 is 0 Å². The van der Waals surface area contributed by atoms with Crippen LogP contribution in [0.2, 0.25) is 0 Å². The third-order valence-corrected chi connectivity index (χ3v) is 12.5. The van der Waals surface area contributed by atoms with Gasteiger partial charge in [-0.25, -0.2) is 0 Å². The molecular formula is C60H41N3. The molecule has 3 nitrogen and oxygen atoms in total. The van der Waals surface area contributed by atoms with Crippen molar-refractivity contribution in [2.75, 3.05) is 4.90 Å². The molecule has 0 spiro atoms. The molecule has 0 unspecified atom stereocenters. The second kappa shape index (κ2) is 15.3. The minimum Gasteiger partial charge on any atom is -0.310 e. The van der Waals surface area contributed by atoms with Crippen molar-refractivity contribution in [3.63, 3.8) is 0 Å². The Hall–Kier alpha value is -8.40. The van der Waals surface area contributed by atoms with Crippen molar-refractivity contribution in [3.05, 3.63) is 249 Å². The first-order chi connectivity index (χ1) is 31.2. The van der Waals surface area contributed by atoms with Crippen LogP contribution in [0.1, 0.15) is 0 Å². The molecule has 10 aromatic carbocycles. The minimum absolute atomic E-state index is 1.09. The van der Waals surface area contributed by atoms with Crippen LogP contribution >= 0.6 is 0 Å². The van der Waals surface area contributed by atoms with Gasteiger partial charge in [-0.05, 0) is 118 Å². The Morgan fingerprint density at radius 2 is 0.603 bits per heavy atom. The molecule has 0 amide bonds. The molecule has 0 saturated carbocycles. The van der Waals surface area contributed by atoms with E-state index >= 15 is 0 Å². The van der Waals surface area contributed by atoms with Gasteiger partial charge in [0, 0.05) is 50.0 Å².